The molecule has 0 aromatic heterocycles. The predicted molar refractivity (Wildman–Crippen MR) is 68.1 cm³/mol. The van der Waals surface area contributed by atoms with Gasteiger partial charge >= 0.3 is 0 Å². The minimum Gasteiger partial charge on any atom is -0.269 e. The summed E-state index contributed by atoms with van der Waals surface area (Å²) in [5.74, 6) is 0.484. The standard InChI is InChI=1S/C15H13N/c1-2-4-12-6-7-15(14(12)5-3-1)13-8-10-16-11-9-13/h1-8,10-11,13H,9H2. The second kappa shape index (κ2) is 3.93. The van der Waals surface area contributed by atoms with Gasteiger partial charge in [-0.1, -0.05) is 48.5 Å². The van der Waals surface area contributed by atoms with E-state index in [9.17, 15) is 0 Å². The molecule has 78 valence electrons. The van der Waals surface area contributed by atoms with Crippen molar-refractivity contribution in [2.24, 2.45) is 4.99 Å². The van der Waals surface area contributed by atoms with Gasteiger partial charge in [0.2, 0.25) is 0 Å². The lowest BCUT2D eigenvalue weighted by Crippen LogP contribution is -1.98. The third-order valence-electron chi connectivity index (χ3n) is 3.09. The summed E-state index contributed by atoms with van der Waals surface area (Å²) in [7, 11) is 0. The molecule has 1 unspecified atom stereocenters. The number of rotatable bonds is 1. The van der Waals surface area contributed by atoms with Gasteiger partial charge in [-0.15, -0.1) is 0 Å². The van der Waals surface area contributed by atoms with Gasteiger partial charge in [0.05, 0.1) is 0 Å². The number of aliphatic imine (C=N–C) groups is 1. The molecule has 0 radical (unpaired) electrons. The summed E-state index contributed by atoms with van der Waals surface area (Å²) < 4.78 is 0. The maximum atomic E-state index is 4.12. The first-order valence-electron chi connectivity index (χ1n) is 5.61. The SMILES string of the molecule is C1=CC(c2ccc3cccccc2-3)CC=N1. The van der Waals surface area contributed by atoms with E-state index in [1.165, 1.54) is 16.7 Å². The second-order valence-corrected chi connectivity index (χ2v) is 4.08. The van der Waals surface area contributed by atoms with E-state index in [0.29, 0.717) is 5.92 Å². The first-order chi connectivity index (χ1) is 7.95. The lowest BCUT2D eigenvalue weighted by atomic mass is 9.93. The van der Waals surface area contributed by atoms with Gasteiger partial charge in [-0.3, -0.25) is 4.99 Å². The monoisotopic (exact) mass is 207 g/mol. The van der Waals surface area contributed by atoms with Crippen molar-refractivity contribution in [3.05, 3.63) is 60.3 Å². The van der Waals surface area contributed by atoms with E-state index in [4.69, 9.17) is 0 Å². The molecule has 0 fully saturated rings. The van der Waals surface area contributed by atoms with Crippen molar-refractivity contribution in [1.29, 1.82) is 0 Å². The summed E-state index contributed by atoms with van der Waals surface area (Å²) >= 11 is 0. The van der Waals surface area contributed by atoms with Crippen LogP contribution in [0.15, 0.2) is 59.7 Å². The van der Waals surface area contributed by atoms with Crippen LogP contribution in [0.5, 0.6) is 0 Å². The highest BCUT2D eigenvalue weighted by Gasteiger charge is 2.15. The molecule has 0 aromatic rings. The van der Waals surface area contributed by atoms with Gasteiger partial charge < -0.3 is 0 Å². The number of hydrogen-bond acceptors (Lipinski definition) is 1. The highest BCUT2D eigenvalue weighted by Crippen LogP contribution is 2.34. The van der Waals surface area contributed by atoms with E-state index in [1.807, 2.05) is 12.4 Å². The zero-order valence-corrected chi connectivity index (χ0v) is 9.01. The molecular formula is C15H13N. The zero-order valence-electron chi connectivity index (χ0n) is 9.01. The van der Waals surface area contributed by atoms with Gasteiger partial charge in [0.15, 0.2) is 0 Å². The quantitative estimate of drug-likeness (QED) is 0.673. The predicted octanol–water partition coefficient (Wildman–Crippen LogP) is 3.86. The molecule has 0 N–H and O–H groups in total. The van der Waals surface area contributed by atoms with Crippen LogP contribution in [0, 0.1) is 0 Å². The molecular weight excluding hydrogens is 194 g/mol. The Bertz CT molecular complexity index is 525. The molecule has 1 heterocycles. The minimum absolute atomic E-state index is 0.484. The van der Waals surface area contributed by atoms with Crippen LogP contribution in [0.4, 0.5) is 0 Å². The molecule has 0 aromatic carbocycles. The molecule has 2 aliphatic carbocycles. The summed E-state index contributed by atoms with van der Waals surface area (Å²) in [5, 5.41) is 0. The highest BCUT2D eigenvalue weighted by atomic mass is 14.7. The largest absolute Gasteiger partial charge is 0.269 e. The van der Waals surface area contributed by atoms with Gasteiger partial charge in [-0.25, -0.2) is 0 Å². The Morgan fingerprint density at radius 3 is 2.81 bits per heavy atom. The topological polar surface area (TPSA) is 12.4 Å². The molecule has 0 bridgehead atoms. The van der Waals surface area contributed by atoms with E-state index in [-0.39, 0.29) is 0 Å². The van der Waals surface area contributed by atoms with Gasteiger partial charge in [-0.2, -0.15) is 0 Å². The molecule has 1 aliphatic heterocycles. The Morgan fingerprint density at radius 1 is 1.00 bits per heavy atom. The fraction of sp³-hybridized carbons (Fsp3) is 0.133. The summed E-state index contributed by atoms with van der Waals surface area (Å²) in [6, 6.07) is 15.1. The maximum absolute atomic E-state index is 4.12. The Kier molecular flexibility index (Phi) is 2.30. The van der Waals surface area contributed by atoms with E-state index >= 15 is 0 Å². The zero-order chi connectivity index (χ0) is 10.8. The number of allylic oxidation sites excluding steroid dienone is 1. The summed E-state index contributed by atoms with van der Waals surface area (Å²) in [4.78, 5) is 4.12. The van der Waals surface area contributed by atoms with Crippen molar-refractivity contribution in [1.82, 2.24) is 0 Å². The van der Waals surface area contributed by atoms with Crippen LogP contribution in [-0.4, -0.2) is 6.21 Å². The molecule has 0 saturated heterocycles. The van der Waals surface area contributed by atoms with E-state index in [1.54, 1.807) is 0 Å². The van der Waals surface area contributed by atoms with Crippen LogP contribution in [0.1, 0.15) is 17.9 Å². The molecule has 0 spiro atoms. The van der Waals surface area contributed by atoms with E-state index in [2.05, 4.69) is 53.5 Å². The van der Waals surface area contributed by atoms with Crippen LogP contribution in [-0.2, 0) is 0 Å². The van der Waals surface area contributed by atoms with Gasteiger partial charge in [-0.05, 0) is 23.1 Å². The van der Waals surface area contributed by atoms with Crippen molar-refractivity contribution >= 4 is 6.21 Å². The molecule has 0 saturated carbocycles. The van der Waals surface area contributed by atoms with Crippen LogP contribution in [0.25, 0.3) is 11.1 Å². The van der Waals surface area contributed by atoms with Crippen molar-refractivity contribution in [3.8, 4) is 11.1 Å². The van der Waals surface area contributed by atoms with Crippen LogP contribution in [0.2, 0.25) is 0 Å². The first kappa shape index (κ1) is 9.34. The highest BCUT2D eigenvalue weighted by molar-refractivity contribution is 5.73. The smallest absolute Gasteiger partial charge is 0.0230 e. The Hall–Kier alpha value is -1.89. The fourth-order valence-corrected chi connectivity index (χ4v) is 2.26. The van der Waals surface area contributed by atoms with Crippen LogP contribution >= 0.6 is 0 Å². The molecule has 1 atom stereocenters. The summed E-state index contributed by atoms with van der Waals surface area (Å²) in [6.45, 7) is 0. The maximum Gasteiger partial charge on any atom is 0.0230 e. The van der Waals surface area contributed by atoms with Gasteiger partial charge in [0, 0.05) is 18.3 Å². The number of fused-ring (bicyclic) bond motifs is 1. The molecule has 1 heteroatoms. The fourth-order valence-electron chi connectivity index (χ4n) is 2.26. The minimum atomic E-state index is 0.484. The molecule has 16 heavy (non-hydrogen) atoms. The lowest BCUT2D eigenvalue weighted by Gasteiger charge is -2.12. The van der Waals surface area contributed by atoms with Crippen molar-refractivity contribution in [3.63, 3.8) is 0 Å². The summed E-state index contributed by atoms with van der Waals surface area (Å²) in [5.41, 5.74) is 4.08. The summed E-state index contributed by atoms with van der Waals surface area (Å²) in [6.07, 6.45) is 7.08. The second-order valence-electron chi connectivity index (χ2n) is 4.08. The van der Waals surface area contributed by atoms with Gasteiger partial charge in [0.1, 0.15) is 0 Å². The third kappa shape index (κ3) is 1.54. The van der Waals surface area contributed by atoms with E-state index in [0.717, 1.165) is 6.42 Å². The van der Waals surface area contributed by atoms with Crippen molar-refractivity contribution < 1.29 is 0 Å². The first-order valence-corrected chi connectivity index (χ1v) is 5.61. The average Bonchev–Trinajstić information content (AvgIpc) is 2.60. The van der Waals surface area contributed by atoms with Crippen LogP contribution in [0.3, 0.4) is 0 Å². The molecule has 3 rings (SSSR count). The Labute approximate surface area is 95.5 Å². The third-order valence-corrected chi connectivity index (χ3v) is 3.09. The van der Waals surface area contributed by atoms with E-state index < -0.39 is 0 Å². The molecule has 3 aliphatic rings. The Morgan fingerprint density at radius 2 is 1.94 bits per heavy atom. The van der Waals surface area contributed by atoms with Crippen molar-refractivity contribution in [2.45, 2.75) is 12.3 Å². The number of nitrogens with zero attached hydrogens (tertiary/aromatic N) is 1. The van der Waals surface area contributed by atoms with Crippen molar-refractivity contribution in [2.75, 3.05) is 0 Å². The van der Waals surface area contributed by atoms with Crippen LogP contribution < -0.4 is 0 Å². The lowest BCUT2D eigenvalue weighted by molar-refractivity contribution is 0.894. The van der Waals surface area contributed by atoms with Gasteiger partial charge in [0.25, 0.3) is 0 Å². The number of hydrogen-bond donors (Lipinski definition) is 0. The average molecular weight is 207 g/mol. The molecule has 1 nitrogen and oxygen atoms in total. The Balaban J connectivity index is 2.07. The molecule has 0 amide bonds. The normalized spacial score (nSPS) is 19.1.